The summed E-state index contributed by atoms with van der Waals surface area (Å²) in [6.07, 6.45) is -0.192. The number of nitrogens with zero attached hydrogens (tertiary/aromatic N) is 4. The molecule has 0 radical (unpaired) electrons. The highest BCUT2D eigenvalue weighted by molar-refractivity contribution is 6.03. The lowest BCUT2D eigenvalue weighted by molar-refractivity contribution is -0.384. The second kappa shape index (κ2) is 22.7. The zero-order valence-corrected chi connectivity index (χ0v) is 38.6. The van der Waals surface area contributed by atoms with E-state index in [1.165, 1.54) is 14.0 Å². The summed E-state index contributed by atoms with van der Waals surface area (Å²) in [7, 11) is 1.32. The van der Waals surface area contributed by atoms with E-state index in [9.17, 15) is 34.1 Å². The number of rotatable bonds is 16. The third-order valence-electron chi connectivity index (χ3n) is 11.1. The van der Waals surface area contributed by atoms with Crippen molar-refractivity contribution in [3.05, 3.63) is 99.1 Å². The minimum atomic E-state index is -1.51. The Morgan fingerprint density at radius 1 is 0.941 bits per heavy atom. The number of benzene rings is 3. The number of fused-ring (bicyclic) bond motifs is 5. The van der Waals surface area contributed by atoms with E-state index in [4.69, 9.17) is 37.7 Å². The van der Waals surface area contributed by atoms with Gasteiger partial charge in [0.15, 0.2) is 5.69 Å². The summed E-state index contributed by atoms with van der Waals surface area (Å²) < 4.78 is 12.1. The molecule has 1 unspecified atom stereocenters. The van der Waals surface area contributed by atoms with Crippen molar-refractivity contribution in [1.29, 1.82) is 5.26 Å². The molecule has 4 aromatic rings. The molecule has 4 atom stereocenters. The number of ether oxygens (including phenoxy) is 2. The molecule has 0 saturated carbocycles. The van der Waals surface area contributed by atoms with Crippen molar-refractivity contribution in [2.24, 2.45) is 17.2 Å². The number of nitro groups is 1. The van der Waals surface area contributed by atoms with Gasteiger partial charge in [-0.25, -0.2) is 4.98 Å². The Kier molecular flexibility index (Phi) is 17.1. The summed E-state index contributed by atoms with van der Waals surface area (Å²) in [4.78, 5) is 87.4. The van der Waals surface area contributed by atoms with Gasteiger partial charge in [-0.3, -0.25) is 34.1 Å². The number of aromatic nitrogens is 1. The van der Waals surface area contributed by atoms with Crippen molar-refractivity contribution < 1.29 is 38.4 Å². The van der Waals surface area contributed by atoms with E-state index in [0.717, 1.165) is 16.5 Å². The van der Waals surface area contributed by atoms with E-state index < -0.39 is 64.3 Å². The minimum absolute atomic E-state index is 0.0364. The summed E-state index contributed by atoms with van der Waals surface area (Å²) in [5, 5.41) is 31.9. The van der Waals surface area contributed by atoms with Crippen molar-refractivity contribution in [2.75, 3.05) is 52.2 Å². The topological polar surface area (TPSA) is 339 Å². The van der Waals surface area contributed by atoms with Crippen LogP contribution in [0.3, 0.4) is 0 Å². The molecule has 0 fully saturated rings. The fraction of sp³-hybridized carbons (Fsp3) is 0.383. The Hall–Kier alpha value is -7.67. The lowest BCUT2D eigenvalue weighted by Gasteiger charge is -2.32. The molecule has 0 spiro atoms. The van der Waals surface area contributed by atoms with Crippen molar-refractivity contribution in [3.63, 3.8) is 0 Å². The quantitative estimate of drug-likeness (QED) is 0.0450. The maximum atomic E-state index is 14.7. The molecule has 68 heavy (non-hydrogen) atoms. The molecule has 3 aromatic carbocycles. The molecule has 0 aliphatic carbocycles. The largest absolute Gasteiger partial charge is 0.492 e. The fourth-order valence-corrected chi connectivity index (χ4v) is 7.54. The first-order chi connectivity index (χ1) is 32.3. The van der Waals surface area contributed by atoms with Crippen LogP contribution < -0.4 is 53.7 Å². The lowest BCUT2D eigenvalue weighted by Crippen LogP contribution is -2.56. The van der Waals surface area contributed by atoms with E-state index in [1.54, 1.807) is 48.5 Å². The molecule has 21 nitrogen and oxygen atoms in total. The highest BCUT2D eigenvalue weighted by atomic mass is 16.6. The third-order valence-corrected chi connectivity index (χ3v) is 11.1. The van der Waals surface area contributed by atoms with E-state index in [-0.39, 0.29) is 80.3 Å². The molecule has 2 heterocycles. The summed E-state index contributed by atoms with van der Waals surface area (Å²) in [5.41, 5.74) is 25.7. The number of likely N-dealkylation sites (N-methyl/N-ethyl adjacent to an activating group) is 1. The second-order valence-electron chi connectivity index (χ2n) is 17.1. The smallest absolute Gasteiger partial charge is 0.296 e. The van der Waals surface area contributed by atoms with Crippen molar-refractivity contribution in [1.82, 2.24) is 31.2 Å². The van der Waals surface area contributed by atoms with Gasteiger partial charge in [0, 0.05) is 49.3 Å². The normalized spacial score (nSPS) is 16.4. The molecule has 4 bridgehead atoms. The van der Waals surface area contributed by atoms with Crippen LogP contribution in [0.5, 0.6) is 11.5 Å². The molecule has 21 heteroatoms. The highest BCUT2D eigenvalue weighted by Gasteiger charge is 2.37. The summed E-state index contributed by atoms with van der Waals surface area (Å²) in [6, 6.07) is 14.3. The van der Waals surface area contributed by atoms with E-state index in [2.05, 4.69) is 26.3 Å². The molecule has 360 valence electrons. The van der Waals surface area contributed by atoms with Crippen molar-refractivity contribution >= 4 is 41.0 Å². The molecule has 1 aliphatic rings. The molecule has 12 N–H and O–H groups in total. The molecule has 1 aromatic heterocycles. The minimum Gasteiger partial charge on any atom is -0.492 e. The number of nitriles is 1. The number of hydrogen-bond donors (Lipinski definition) is 8. The highest BCUT2D eigenvalue weighted by Crippen LogP contribution is 2.40. The number of carbonyl (C=O) groups excluding carboxylic acids is 5. The SMILES string of the molecule is C[C@@H]1NC(=O)[C@@H](N(C)C(=O)C(CCN)NC(=O)c2cc([N+](=O)[O-])c(-c3ccc(C(C)(C)C)cc3)nc2N)c2ccc(OCCN)c(c2)-c2cc(ccc2OCCN)C[C@@H](C(=O)NCC#N)NC1=O. The number of nitrogens with two attached hydrogens (primary N) is 4. The van der Waals surface area contributed by atoms with Gasteiger partial charge in [-0.2, -0.15) is 5.26 Å². The van der Waals surface area contributed by atoms with Crippen LogP contribution in [0.1, 0.15) is 67.2 Å². The average molecular weight is 935 g/mol. The molecular formula is C47H58N12O9. The maximum Gasteiger partial charge on any atom is 0.296 e. The Morgan fingerprint density at radius 3 is 2.16 bits per heavy atom. The number of hydrogen-bond acceptors (Lipinski definition) is 15. The van der Waals surface area contributed by atoms with E-state index >= 15 is 0 Å². The van der Waals surface area contributed by atoms with E-state index in [1.807, 2.05) is 39.0 Å². The summed E-state index contributed by atoms with van der Waals surface area (Å²) in [5.74, 6) is -3.72. The average Bonchev–Trinajstić information content (AvgIpc) is 3.30. The number of nitrogens with one attached hydrogen (secondary N) is 4. The van der Waals surface area contributed by atoms with Gasteiger partial charge < -0.3 is 58.6 Å². The van der Waals surface area contributed by atoms with Crippen molar-refractivity contribution in [3.8, 4) is 40.0 Å². The summed E-state index contributed by atoms with van der Waals surface area (Å²) >= 11 is 0. The molecule has 1 aliphatic heterocycles. The predicted octanol–water partition coefficient (Wildman–Crippen LogP) is 1.71. The Labute approximate surface area is 393 Å². The Balaban J connectivity index is 1.59. The van der Waals surface area contributed by atoms with Gasteiger partial charge in [0.1, 0.15) is 61.2 Å². The van der Waals surface area contributed by atoms with Gasteiger partial charge in [-0.1, -0.05) is 57.2 Å². The zero-order chi connectivity index (χ0) is 49.9. The Bertz CT molecular complexity index is 2580. The number of anilines is 1. The fourth-order valence-electron chi connectivity index (χ4n) is 7.54. The predicted molar refractivity (Wildman–Crippen MR) is 253 cm³/mol. The van der Waals surface area contributed by atoms with Crippen LogP contribution in [-0.4, -0.2) is 109 Å². The Morgan fingerprint density at radius 2 is 1.57 bits per heavy atom. The van der Waals surface area contributed by atoms with Gasteiger partial charge in [0.25, 0.3) is 11.6 Å². The first-order valence-electron chi connectivity index (χ1n) is 21.8. The molecule has 5 amide bonds. The van der Waals surface area contributed by atoms with Crippen LogP contribution in [0.15, 0.2) is 66.7 Å². The number of nitrogen functional groups attached to an aromatic ring is 1. The number of carbonyl (C=O) groups is 5. The molecule has 0 saturated heterocycles. The number of amides is 5. The van der Waals surface area contributed by atoms with Crippen molar-refractivity contribution in [2.45, 2.75) is 70.1 Å². The van der Waals surface area contributed by atoms with Gasteiger partial charge in [-0.15, -0.1) is 0 Å². The van der Waals surface area contributed by atoms with Crippen LogP contribution in [-0.2, 0) is 31.0 Å². The van der Waals surface area contributed by atoms with E-state index in [0.29, 0.717) is 33.8 Å². The van der Waals surface area contributed by atoms with Crippen LogP contribution >= 0.6 is 0 Å². The first-order valence-corrected chi connectivity index (χ1v) is 21.8. The maximum absolute atomic E-state index is 14.7. The third kappa shape index (κ3) is 12.2. The van der Waals surface area contributed by atoms with Crippen LogP contribution in [0, 0.1) is 21.4 Å². The van der Waals surface area contributed by atoms with Gasteiger partial charge >= 0.3 is 0 Å². The summed E-state index contributed by atoms with van der Waals surface area (Å²) in [6.45, 7) is 7.51. The first kappa shape index (κ1) is 51.3. The van der Waals surface area contributed by atoms with Gasteiger partial charge in [0.2, 0.25) is 23.6 Å². The molecule has 5 rings (SSSR count). The second-order valence-corrected chi connectivity index (χ2v) is 17.1. The standard InChI is InChI=1S/C47H58N12O9/c1-26-42(60)56-35(44(62)53-19-16-49)23-27-6-12-37(67-20-17-50)31(22-27)32-24-29(9-13-38(32)68-21-18-51)40(45(63)54-26)58(5)46(64)34(14-15-48)55-43(61)33-25-36(59(65)66)39(57-41(33)52)28-7-10-30(11-8-28)47(2,3)4/h6-13,22,24-26,34-35,40H,14-15,17-21,23,48,50-51H2,1-5H3,(H2,52,57)(H,53,62)(H,54,63)(H,55,61)(H,56,60)/t26-,34?,35-,40-/m0/s1. The van der Waals surface area contributed by atoms with Gasteiger partial charge in [0.05, 0.1) is 16.6 Å². The van der Waals surface area contributed by atoms with Crippen LogP contribution in [0.4, 0.5) is 11.5 Å². The monoisotopic (exact) mass is 934 g/mol. The lowest BCUT2D eigenvalue weighted by atomic mass is 9.86. The zero-order valence-electron chi connectivity index (χ0n) is 38.6. The molecular weight excluding hydrogens is 877 g/mol. The van der Waals surface area contributed by atoms with Gasteiger partial charge in [-0.05, 0) is 66.3 Å². The van der Waals surface area contributed by atoms with Crippen LogP contribution in [0.25, 0.3) is 22.4 Å². The number of pyridine rings is 1. The van der Waals surface area contributed by atoms with Crippen LogP contribution in [0.2, 0.25) is 0 Å².